The maximum Gasteiger partial charge on any atom is 0.293 e. The van der Waals surface area contributed by atoms with Crippen molar-refractivity contribution in [1.82, 2.24) is 4.98 Å². The molecule has 1 saturated heterocycles. The Kier molecular flexibility index (Phi) is 6.42. The van der Waals surface area contributed by atoms with E-state index in [4.69, 9.17) is 20.8 Å². The second-order valence-corrected chi connectivity index (χ2v) is 9.16. The van der Waals surface area contributed by atoms with Crippen LogP contribution in [0.15, 0.2) is 63.5 Å². The highest BCUT2D eigenvalue weighted by Gasteiger charge is 2.23. The van der Waals surface area contributed by atoms with Gasteiger partial charge in [-0.25, -0.2) is 4.98 Å². The summed E-state index contributed by atoms with van der Waals surface area (Å²) < 4.78 is 12.0. The lowest BCUT2D eigenvalue weighted by atomic mass is 10.1. The standard InChI is InChI=1S/C24H18BrClN4O5/c25-15-2-4-18(26)17(12-15)24-28-19-13-16(3-6-22(19)35-24)27-23(31)14-1-5-20(21(11-14)30(32)33)29-7-9-34-10-8-29/h1-6,11-13H,7-10H2,(H,27,31). The summed E-state index contributed by atoms with van der Waals surface area (Å²) in [5.41, 5.74) is 2.69. The van der Waals surface area contributed by atoms with Gasteiger partial charge in [0.25, 0.3) is 11.6 Å². The van der Waals surface area contributed by atoms with Crippen LogP contribution in [0.1, 0.15) is 10.4 Å². The Balaban J connectivity index is 1.39. The van der Waals surface area contributed by atoms with Crippen LogP contribution in [0.2, 0.25) is 5.02 Å². The summed E-state index contributed by atoms with van der Waals surface area (Å²) in [5.74, 6) is -0.121. The molecule has 1 aliphatic heterocycles. The van der Waals surface area contributed by atoms with Crippen molar-refractivity contribution in [1.29, 1.82) is 0 Å². The van der Waals surface area contributed by atoms with E-state index < -0.39 is 10.8 Å². The van der Waals surface area contributed by atoms with E-state index in [0.29, 0.717) is 65.3 Å². The highest BCUT2D eigenvalue weighted by Crippen LogP contribution is 2.33. The number of amides is 1. The monoisotopic (exact) mass is 556 g/mol. The molecule has 0 radical (unpaired) electrons. The third kappa shape index (κ3) is 4.86. The molecule has 0 spiro atoms. The van der Waals surface area contributed by atoms with E-state index in [9.17, 15) is 14.9 Å². The smallest absolute Gasteiger partial charge is 0.293 e. The number of carbonyl (C=O) groups is 1. The number of nitro benzene ring substituents is 1. The van der Waals surface area contributed by atoms with E-state index in [2.05, 4.69) is 26.2 Å². The molecule has 1 aromatic heterocycles. The Morgan fingerprint density at radius 1 is 1.11 bits per heavy atom. The van der Waals surface area contributed by atoms with E-state index in [1.54, 1.807) is 36.4 Å². The summed E-state index contributed by atoms with van der Waals surface area (Å²) in [7, 11) is 0. The maximum atomic E-state index is 12.9. The number of aromatic nitrogens is 1. The first-order chi connectivity index (χ1) is 16.9. The first-order valence-corrected chi connectivity index (χ1v) is 11.8. The third-order valence-electron chi connectivity index (χ3n) is 5.59. The van der Waals surface area contributed by atoms with Gasteiger partial charge >= 0.3 is 0 Å². The summed E-state index contributed by atoms with van der Waals surface area (Å²) >= 11 is 9.70. The van der Waals surface area contributed by atoms with E-state index in [-0.39, 0.29) is 11.3 Å². The Hall–Kier alpha value is -3.47. The fraction of sp³-hybridized carbons (Fsp3) is 0.167. The van der Waals surface area contributed by atoms with Crippen LogP contribution in [0.25, 0.3) is 22.6 Å². The molecule has 0 bridgehead atoms. The SMILES string of the molecule is O=C(Nc1ccc2oc(-c3cc(Br)ccc3Cl)nc2c1)c1ccc(N2CCOCC2)c([N+](=O)[O-])c1. The number of nitro groups is 1. The quantitative estimate of drug-likeness (QED) is 0.240. The molecule has 0 unspecified atom stereocenters. The predicted octanol–water partition coefficient (Wildman–Crippen LogP) is 5.91. The molecule has 4 aromatic rings. The number of rotatable bonds is 5. The Labute approximate surface area is 212 Å². The topological polar surface area (TPSA) is 111 Å². The zero-order chi connectivity index (χ0) is 24.5. The van der Waals surface area contributed by atoms with Gasteiger partial charge in [-0.15, -0.1) is 0 Å². The van der Waals surface area contributed by atoms with E-state index in [1.807, 2.05) is 17.0 Å². The summed E-state index contributed by atoms with van der Waals surface area (Å²) in [6.45, 7) is 2.10. The average Bonchev–Trinajstić information content (AvgIpc) is 3.29. The number of ether oxygens (including phenoxy) is 1. The molecule has 2 heterocycles. The lowest BCUT2D eigenvalue weighted by molar-refractivity contribution is -0.384. The second kappa shape index (κ2) is 9.65. The van der Waals surface area contributed by atoms with Crippen LogP contribution < -0.4 is 10.2 Å². The van der Waals surface area contributed by atoms with Gasteiger partial charge in [0.15, 0.2) is 5.58 Å². The number of carbonyl (C=O) groups excluding carboxylic acids is 1. The van der Waals surface area contributed by atoms with Crippen molar-refractivity contribution in [3.8, 4) is 11.5 Å². The van der Waals surface area contributed by atoms with Gasteiger partial charge in [0.2, 0.25) is 5.89 Å². The minimum Gasteiger partial charge on any atom is -0.436 e. The summed E-state index contributed by atoms with van der Waals surface area (Å²) in [6.07, 6.45) is 0. The number of anilines is 2. The summed E-state index contributed by atoms with van der Waals surface area (Å²) in [5, 5.41) is 15.0. The Morgan fingerprint density at radius 3 is 2.69 bits per heavy atom. The first kappa shape index (κ1) is 23.3. The highest BCUT2D eigenvalue weighted by atomic mass is 79.9. The number of fused-ring (bicyclic) bond motifs is 1. The lowest BCUT2D eigenvalue weighted by Gasteiger charge is -2.28. The van der Waals surface area contributed by atoms with Crippen molar-refractivity contribution in [3.05, 3.63) is 79.8 Å². The second-order valence-electron chi connectivity index (χ2n) is 7.84. The molecule has 35 heavy (non-hydrogen) atoms. The largest absolute Gasteiger partial charge is 0.436 e. The van der Waals surface area contributed by atoms with Gasteiger partial charge < -0.3 is 19.4 Å². The van der Waals surface area contributed by atoms with Crippen molar-refractivity contribution in [2.24, 2.45) is 0 Å². The normalized spacial score (nSPS) is 13.7. The molecule has 1 aliphatic rings. The number of benzene rings is 3. The molecule has 0 saturated carbocycles. The fourth-order valence-electron chi connectivity index (χ4n) is 3.87. The number of morpholine rings is 1. The van der Waals surface area contributed by atoms with E-state index in [1.165, 1.54) is 6.07 Å². The fourth-order valence-corrected chi connectivity index (χ4v) is 4.43. The molecule has 0 aliphatic carbocycles. The van der Waals surface area contributed by atoms with E-state index >= 15 is 0 Å². The van der Waals surface area contributed by atoms with Crippen LogP contribution in [0, 0.1) is 10.1 Å². The number of halogens is 2. The molecule has 1 N–H and O–H groups in total. The van der Waals surface area contributed by atoms with Crippen molar-refractivity contribution in [2.75, 3.05) is 36.5 Å². The maximum absolute atomic E-state index is 12.9. The van der Waals surface area contributed by atoms with Crippen LogP contribution in [0.5, 0.6) is 0 Å². The van der Waals surface area contributed by atoms with Crippen LogP contribution in [-0.2, 0) is 4.74 Å². The van der Waals surface area contributed by atoms with Gasteiger partial charge in [0.1, 0.15) is 11.2 Å². The minimum atomic E-state index is -0.475. The molecule has 1 fully saturated rings. The minimum absolute atomic E-state index is 0.123. The van der Waals surface area contributed by atoms with Crippen LogP contribution in [0.3, 0.4) is 0 Å². The predicted molar refractivity (Wildman–Crippen MR) is 136 cm³/mol. The molecule has 178 valence electrons. The molecule has 3 aromatic carbocycles. The number of hydrogen-bond acceptors (Lipinski definition) is 7. The van der Waals surface area contributed by atoms with Crippen LogP contribution in [-0.4, -0.2) is 42.1 Å². The van der Waals surface area contributed by atoms with Crippen molar-refractivity contribution in [3.63, 3.8) is 0 Å². The Morgan fingerprint density at radius 2 is 1.91 bits per heavy atom. The van der Waals surface area contributed by atoms with Crippen LogP contribution in [0.4, 0.5) is 17.1 Å². The average molecular weight is 558 g/mol. The molecule has 0 atom stereocenters. The highest BCUT2D eigenvalue weighted by molar-refractivity contribution is 9.10. The van der Waals surface area contributed by atoms with Crippen LogP contribution >= 0.6 is 27.5 Å². The van der Waals surface area contributed by atoms with Gasteiger partial charge in [-0.2, -0.15) is 0 Å². The lowest BCUT2D eigenvalue weighted by Crippen LogP contribution is -2.36. The van der Waals surface area contributed by atoms with Crippen molar-refractivity contribution >= 4 is 61.6 Å². The molecule has 1 amide bonds. The molecule has 11 heteroatoms. The summed E-state index contributed by atoms with van der Waals surface area (Å²) in [4.78, 5) is 30.5. The molecular weight excluding hydrogens is 540 g/mol. The zero-order valence-corrected chi connectivity index (χ0v) is 20.5. The van der Waals surface area contributed by atoms with Gasteiger partial charge in [0.05, 0.1) is 28.7 Å². The number of nitrogens with one attached hydrogen (secondary N) is 1. The number of nitrogens with zero attached hydrogens (tertiary/aromatic N) is 3. The summed E-state index contributed by atoms with van der Waals surface area (Å²) in [6, 6.07) is 14.9. The van der Waals surface area contributed by atoms with Gasteiger partial charge in [-0.3, -0.25) is 14.9 Å². The van der Waals surface area contributed by atoms with Crippen molar-refractivity contribution < 1.29 is 18.9 Å². The zero-order valence-electron chi connectivity index (χ0n) is 18.2. The van der Waals surface area contributed by atoms with Crippen molar-refractivity contribution in [2.45, 2.75) is 0 Å². The Bertz CT molecular complexity index is 1450. The van der Waals surface area contributed by atoms with Gasteiger partial charge in [-0.1, -0.05) is 27.5 Å². The van der Waals surface area contributed by atoms with Gasteiger partial charge in [-0.05, 0) is 48.5 Å². The molecule has 9 nitrogen and oxygen atoms in total. The van der Waals surface area contributed by atoms with E-state index in [0.717, 1.165) is 4.47 Å². The molecular formula is C24H18BrClN4O5. The van der Waals surface area contributed by atoms with Gasteiger partial charge in [0, 0.05) is 34.9 Å². The number of oxazole rings is 1. The third-order valence-corrected chi connectivity index (χ3v) is 6.41. The molecule has 5 rings (SSSR count). The number of hydrogen-bond donors (Lipinski definition) is 1. The first-order valence-electron chi connectivity index (χ1n) is 10.7.